The molecule has 0 aliphatic heterocycles. The fraction of sp³-hybridized carbons (Fsp3) is 0.769. The Labute approximate surface area is 86.6 Å². The van der Waals surface area contributed by atoms with E-state index in [9.17, 15) is 4.79 Å². The molecule has 0 amide bonds. The smallest absolute Gasteiger partial charge is 0.155 e. The number of Topliss-reactive ketones (excluding diaryl/α,β-unsaturated/α-hetero) is 1. The van der Waals surface area contributed by atoms with Crippen LogP contribution in [0, 0.1) is 17.3 Å². The first-order chi connectivity index (χ1) is 6.54. The van der Waals surface area contributed by atoms with E-state index in [1.54, 1.807) is 6.92 Å². The quantitative estimate of drug-likeness (QED) is 0.622. The molecule has 0 heterocycles. The Hall–Kier alpha value is -0.590. The molecule has 0 N–H and O–H groups in total. The monoisotopic (exact) mass is 192 g/mol. The predicted molar refractivity (Wildman–Crippen MR) is 58.0 cm³/mol. The van der Waals surface area contributed by atoms with Gasteiger partial charge in [0.15, 0.2) is 5.78 Å². The highest BCUT2D eigenvalue weighted by molar-refractivity contribution is 5.94. The Morgan fingerprint density at radius 1 is 1.50 bits per heavy atom. The summed E-state index contributed by atoms with van der Waals surface area (Å²) >= 11 is 0. The van der Waals surface area contributed by atoms with Crippen molar-refractivity contribution < 1.29 is 4.79 Å². The summed E-state index contributed by atoms with van der Waals surface area (Å²) in [6.07, 6.45) is 7.31. The van der Waals surface area contributed by atoms with Crippen LogP contribution >= 0.6 is 0 Å². The Morgan fingerprint density at radius 2 is 2.21 bits per heavy atom. The highest BCUT2D eigenvalue weighted by Crippen LogP contribution is 2.53. The van der Waals surface area contributed by atoms with Crippen molar-refractivity contribution >= 4 is 5.78 Å². The molecule has 0 radical (unpaired) electrons. The van der Waals surface area contributed by atoms with Crippen LogP contribution in [0.25, 0.3) is 0 Å². The van der Waals surface area contributed by atoms with E-state index in [1.807, 2.05) is 0 Å². The van der Waals surface area contributed by atoms with E-state index >= 15 is 0 Å². The zero-order chi connectivity index (χ0) is 10.3. The first-order valence-corrected chi connectivity index (χ1v) is 5.76. The summed E-state index contributed by atoms with van der Waals surface area (Å²) in [4.78, 5) is 11.4. The molecule has 3 atom stereocenters. The fourth-order valence-corrected chi connectivity index (χ4v) is 3.22. The van der Waals surface area contributed by atoms with E-state index < -0.39 is 0 Å². The zero-order valence-electron chi connectivity index (χ0n) is 9.47. The number of allylic oxidation sites excluding steroid dienone is 2. The lowest BCUT2D eigenvalue weighted by molar-refractivity contribution is -0.113. The van der Waals surface area contributed by atoms with Crippen LogP contribution in [0.4, 0.5) is 0 Å². The molecular formula is C13H20O. The summed E-state index contributed by atoms with van der Waals surface area (Å²) in [5.74, 6) is 1.77. The molecule has 1 heteroatoms. The van der Waals surface area contributed by atoms with Gasteiger partial charge in [0.05, 0.1) is 0 Å². The standard InChI is InChI=1S/C13H20O/c1-9-5-4-6-12-7-11(10(2)14)8-13(9,12)3/h8-9,12H,4-7H2,1-3H3/t9-,12+,13+/m1/s1. The number of carbonyl (C=O) groups excluding carboxylic acids is 1. The van der Waals surface area contributed by atoms with Crippen molar-refractivity contribution in [1.29, 1.82) is 0 Å². The highest BCUT2D eigenvalue weighted by Gasteiger charge is 2.44. The van der Waals surface area contributed by atoms with Gasteiger partial charge in [0.25, 0.3) is 0 Å². The molecule has 0 saturated heterocycles. The van der Waals surface area contributed by atoms with Crippen molar-refractivity contribution in [2.24, 2.45) is 17.3 Å². The van der Waals surface area contributed by atoms with Crippen molar-refractivity contribution in [3.05, 3.63) is 11.6 Å². The number of hydrogen-bond donors (Lipinski definition) is 0. The minimum absolute atomic E-state index is 0.285. The molecule has 78 valence electrons. The van der Waals surface area contributed by atoms with Gasteiger partial charge in [-0.1, -0.05) is 26.3 Å². The minimum Gasteiger partial charge on any atom is -0.295 e. The van der Waals surface area contributed by atoms with Crippen LogP contribution in [0.3, 0.4) is 0 Å². The summed E-state index contributed by atoms with van der Waals surface area (Å²) in [5, 5.41) is 0. The number of hydrogen-bond acceptors (Lipinski definition) is 1. The van der Waals surface area contributed by atoms with E-state index in [0.29, 0.717) is 5.41 Å². The molecule has 2 aliphatic carbocycles. The normalized spacial score (nSPS) is 41.8. The van der Waals surface area contributed by atoms with Gasteiger partial charge in [-0.05, 0) is 49.0 Å². The van der Waals surface area contributed by atoms with E-state index in [4.69, 9.17) is 0 Å². The van der Waals surface area contributed by atoms with Crippen molar-refractivity contribution in [1.82, 2.24) is 0 Å². The highest BCUT2D eigenvalue weighted by atomic mass is 16.1. The number of carbonyl (C=O) groups is 1. The molecule has 0 aromatic rings. The summed E-state index contributed by atoms with van der Waals surface area (Å²) < 4.78 is 0. The van der Waals surface area contributed by atoms with Gasteiger partial charge >= 0.3 is 0 Å². The van der Waals surface area contributed by atoms with Crippen LogP contribution in [0.15, 0.2) is 11.6 Å². The second kappa shape index (κ2) is 3.22. The van der Waals surface area contributed by atoms with Gasteiger partial charge in [-0.15, -0.1) is 0 Å². The van der Waals surface area contributed by atoms with E-state index in [1.165, 1.54) is 19.3 Å². The maximum atomic E-state index is 11.4. The van der Waals surface area contributed by atoms with Gasteiger partial charge in [-0.3, -0.25) is 4.79 Å². The van der Waals surface area contributed by atoms with Crippen molar-refractivity contribution in [2.45, 2.75) is 46.5 Å². The van der Waals surface area contributed by atoms with Gasteiger partial charge in [0, 0.05) is 0 Å². The van der Waals surface area contributed by atoms with Crippen LogP contribution in [0.5, 0.6) is 0 Å². The van der Waals surface area contributed by atoms with Crippen molar-refractivity contribution in [3.63, 3.8) is 0 Å². The van der Waals surface area contributed by atoms with E-state index in [-0.39, 0.29) is 5.78 Å². The number of rotatable bonds is 1. The third-order valence-electron chi connectivity index (χ3n) is 4.53. The van der Waals surface area contributed by atoms with Crippen LogP contribution in [0.2, 0.25) is 0 Å². The molecule has 1 saturated carbocycles. The van der Waals surface area contributed by atoms with Crippen LogP contribution in [-0.2, 0) is 4.79 Å². The van der Waals surface area contributed by atoms with Crippen LogP contribution in [-0.4, -0.2) is 5.78 Å². The van der Waals surface area contributed by atoms with Gasteiger partial charge in [0.2, 0.25) is 0 Å². The first-order valence-electron chi connectivity index (χ1n) is 5.76. The zero-order valence-corrected chi connectivity index (χ0v) is 9.47. The summed E-state index contributed by atoms with van der Waals surface area (Å²) in [6.45, 7) is 6.39. The molecule has 2 aliphatic rings. The van der Waals surface area contributed by atoms with Crippen LogP contribution in [0.1, 0.15) is 46.5 Å². The van der Waals surface area contributed by atoms with Gasteiger partial charge in [0.1, 0.15) is 0 Å². The lowest BCUT2D eigenvalue weighted by atomic mass is 9.64. The van der Waals surface area contributed by atoms with Gasteiger partial charge in [-0.2, -0.15) is 0 Å². The lowest BCUT2D eigenvalue weighted by Crippen LogP contribution is -2.32. The molecule has 14 heavy (non-hydrogen) atoms. The van der Waals surface area contributed by atoms with E-state index in [2.05, 4.69) is 19.9 Å². The topological polar surface area (TPSA) is 17.1 Å². The predicted octanol–water partition coefficient (Wildman–Crippen LogP) is 3.35. The van der Waals surface area contributed by atoms with Gasteiger partial charge < -0.3 is 0 Å². The largest absolute Gasteiger partial charge is 0.295 e. The molecule has 0 aromatic heterocycles. The van der Waals surface area contributed by atoms with Gasteiger partial charge in [-0.25, -0.2) is 0 Å². The molecule has 0 bridgehead atoms. The minimum atomic E-state index is 0.285. The summed E-state index contributed by atoms with van der Waals surface area (Å²) in [5.41, 5.74) is 1.41. The third-order valence-corrected chi connectivity index (χ3v) is 4.53. The number of fused-ring (bicyclic) bond motifs is 1. The van der Waals surface area contributed by atoms with Crippen LogP contribution < -0.4 is 0 Å². The lowest BCUT2D eigenvalue weighted by Gasteiger charge is -2.41. The molecule has 0 spiro atoms. The fourth-order valence-electron chi connectivity index (χ4n) is 3.22. The Kier molecular flexibility index (Phi) is 2.29. The Bertz CT molecular complexity index is 290. The summed E-state index contributed by atoms with van der Waals surface area (Å²) in [6, 6.07) is 0. The molecule has 1 nitrogen and oxygen atoms in total. The molecule has 0 aromatic carbocycles. The third kappa shape index (κ3) is 1.34. The Balaban J connectivity index is 2.29. The second-order valence-electron chi connectivity index (χ2n) is 5.32. The number of ketones is 1. The molecule has 1 fully saturated rings. The second-order valence-corrected chi connectivity index (χ2v) is 5.32. The first kappa shape index (κ1) is 9.95. The summed E-state index contributed by atoms with van der Waals surface area (Å²) in [7, 11) is 0. The molecular weight excluding hydrogens is 172 g/mol. The van der Waals surface area contributed by atoms with Crippen molar-refractivity contribution in [3.8, 4) is 0 Å². The van der Waals surface area contributed by atoms with Crippen molar-refractivity contribution in [2.75, 3.05) is 0 Å². The maximum Gasteiger partial charge on any atom is 0.155 e. The maximum absolute atomic E-state index is 11.4. The molecule has 0 unspecified atom stereocenters. The SMILES string of the molecule is CC(=O)C1=C[C@]2(C)[C@@H](CCC[C@H]2C)C1. The average molecular weight is 192 g/mol. The molecule has 2 rings (SSSR count). The Morgan fingerprint density at radius 3 is 2.79 bits per heavy atom. The van der Waals surface area contributed by atoms with E-state index in [0.717, 1.165) is 23.8 Å². The average Bonchev–Trinajstić information content (AvgIpc) is 2.45.